The summed E-state index contributed by atoms with van der Waals surface area (Å²) >= 11 is 3.28. The van der Waals surface area contributed by atoms with Crippen molar-refractivity contribution in [2.75, 3.05) is 12.9 Å². The number of aryl methyl sites for hydroxylation is 1. The van der Waals surface area contributed by atoms with Crippen molar-refractivity contribution in [1.29, 1.82) is 0 Å². The summed E-state index contributed by atoms with van der Waals surface area (Å²) in [5, 5.41) is 1.53. The number of ether oxygens (including phenoxy) is 1. The molecule has 6 heteroatoms. The van der Waals surface area contributed by atoms with Gasteiger partial charge >= 0.3 is 0 Å². The van der Waals surface area contributed by atoms with Crippen molar-refractivity contribution < 1.29 is 4.74 Å². The van der Waals surface area contributed by atoms with Crippen LogP contribution < -0.4 is 10.3 Å². The summed E-state index contributed by atoms with van der Waals surface area (Å²) < 4.78 is 7.06. The lowest BCUT2D eigenvalue weighted by Gasteiger charge is -2.33. The first kappa shape index (κ1) is 22.2. The lowest BCUT2D eigenvalue weighted by Crippen LogP contribution is -2.27. The van der Waals surface area contributed by atoms with E-state index in [9.17, 15) is 4.79 Å². The number of benzene rings is 1. The molecule has 31 heavy (non-hydrogen) atoms. The molecule has 1 aliphatic carbocycles. The third kappa shape index (κ3) is 4.33. The molecule has 0 saturated carbocycles. The van der Waals surface area contributed by atoms with Crippen molar-refractivity contribution in [2.24, 2.45) is 11.3 Å². The average molecular weight is 455 g/mol. The van der Waals surface area contributed by atoms with E-state index in [0.717, 1.165) is 57.4 Å². The van der Waals surface area contributed by atoms with E-state index in [0.29, 0.717) is 5.92 Å². The molecular formula is C25H30N2O2S2. The Labute approximate surface area is 192 Å². The van der Waals surface area contributed by atoms with E-state index < -0.39 is 0 Å². The summed E-state index contributed by atoms with van der Waals surface area (Å²) in [6.45, 7) is 13.0. The van der Waals surface area contributed by atoms with E-state index in [1.807, 2.05) is 31.2 Å². The molecule has 0 amide bonds. The molecule has 1 aliphatic rings. The van der Waals surface area contributed by atoms with E-state index in [4.69, 9.17) is 9.72 Å². The second-order valence-electron chi connectivity index (χ2n) is 9.47. The van der Waals surface area contributed by atoms with Gasteiger partial charge in [0.15, 0.2) is 5.16 Å². The topological polar surface area (TPSA) is 44.1 Å². The molecule has 4 nitrogen and oxygen atoms in total. The largest absolute Gasteiger partial charge is 0.497 e. The molecule has 1 atom stereocenters. The maximum atomic E-state index is 13.8. The Hall–Kier alpha value is -2.05. The van der Waals surface area contributed by atoms with Crippen molar-refractivity contribution in [3.63, 3.8) is 0 Å². The normalized spacial score (nSPS) is 16.4. The van der Waals surface area contributed by atoms with Crippen LogP contribution in [-0.4, -0.2) is 22.4 Å². The summed E-state index contributed by atoms with van der Waals surface area (Å²) in [6, 6.07) is 7.62. The van der Waals surface area contributed by atoms with Gasteiger partial charge in [0.05, 0.1) is 18.2 Å². The number of thioether (sulfide) groups is 1. The zero-order chi connectivity index (χ0) is 22.3. The van der Waals surface area contributed by atoms with Crippen LogP contribution in [0.3, 0.4) is 0 Å². The van der Waals surface area contributed by atoms with Crippen molar-refractivity contribution in [3.05, 3.63) is 57.2 Å². The predicted molar refractivity (Wildman–Crippen MR) is 132 cm³/mol. The number of aromatic nitrogens is 2. The van der Waals surface area contributed by atoms with Gasteiger partial charge in [0, 0.05) is 10.6 Å². The summed E-state index contributed by atoms with van der Waals surface area (Å²) in [7, 11) is 1.64. The maximum Gasteiger partial charge on any atom is 0.267 e. The number of thiophene rings is 1. The van der Waals surface area contributed by atoms with E-state index in [2.05, 4.69) is 27.4 Å². The van der Waals surface area contributed by atoms with Crippen LogP contribution in [0.4, 0.5) is 0 Å². The molecular weight excluding hydrogens is 424 g/mol. The van der Waals surface area contributed by atoms with Gasteiger partial charge in [-0.15, -0.1) is 11.3 Å². The SMILES string of the molecule is C=C(C)CSc1nc2sc3c(c2c(=O)n1-c1ccc(OC)cc1)CCC(C(C)(C)C)C3. The third-order valence-corrected chi connectivity index (χ3v) is 8.37. The number of rotatable bonds is 5. The third-order valence-electron chi connectivity index (χ3n) is 6.06. The Morgan fingerprint density at radius 3 is 2.65 bits per heavy atom. The lowest BCUT2D eigenvalue weighted by molar-refractivity contribution is 0.218. The van der Waals surface area contributed by atoms with Gasteiger partial charge in [0.1, 0.15) is 10.6 Å². The lowest BCUT2D eigenvalue weighted by atomic mass is 9.72. The van der Waals surface area contributed by atoms with Gasteiger partial charge in [-0.1, -0.05) is 44.7 Å². The minimum absolute atomic E-state index is 0.0334. The zero-order valence-corrected chi connectivity index (χ0v) is 20.6. The molecule has 0 fully saturated rings. The molecule has 2 heterocycles. The van der Waals surface area contributed by atoms with E-state index in [1.165, 1.54) is 10.4 Å². The fraction of sp³-hybridized carbons (Fsp3) is 0.440. The van der Waals surface area contributed by atoms with Crippen molar-refractivity contribution in [3.8, 4) is 11.4 Å². The van der Waals surface area contributed by atoms with Crippen molar-refractivity contribution in [1.82, 2.24) is 9.55 Å². The first-order chi connectivity index (χ1) is 14.7. The van der Waals surface area contributed by atoms with Crippen LogP contribution in [-0.2, 0) is 12.8 Å². The number of fused-ring (bicyclic) bond motifs is 3. The van der Waals surface area contributed by atoms with Gasteiger partial charge in [0.25, 0.3) is 5.56 Å². The highest BCUT2D eigenvalue weighted by Crippen LogP contribution is 2.42. The van der Waals surface area contributed by atoms with E-state index in [-0.39, 0.29) is 11.0 Å². The smallest absolute Gasteiger partial charge is 0.267 e. The zero-order valence-electron chi connectivity index (χ0n) is 18.9. The Bertz CT molecular complexity index is 1180. The van der Waals surface area contributed by atoms with Crippen molar-refractivity contribution >= 4 is 33.3 Å². The van der Waals surface area contributed by atoms with Crippen LogP contribution in [0.1, 0.15) is 44.6 Å². The van der Waals surface area contributed by atoms with Gasteiger partial charge < -0.3 is 4.74 Å². The van der Waals surface area contributed by atoms with Crippen LogP contribution in [0.15, 0.2) is 46.4 Å². The van der Waals surface area contributed by atoms with Crippen LogP contribution in [0.2, 0.25) is 0 Å². The number of methoxy groups -OCH3 is 1. The summed E-state index contributed by atoms with van der Waals surface area (Å²) in [6.07, 6.45) is 3.11. The Balaban J connectivity index is 1.88. The number of hydrogen-bond donors (Lipinski definition) is 0. The predicted octanol–water partition coefficient (Wildman–Crippen LogP) is 6.28. The van der Waals surface area contributed by atoms with Gasteiger partial charge in [-0.05, 0) is 67.3 Å². The number of nitrogens with zero attached hydrogens (tertiary/aromatic N) is 2. The van der Waals surface area contributed by atoms with Crippen LogP contribution >= 0.6 is 23.1 Å². The van der Waals surface area contributed by atoms with Crippen LogP contribution in [0, 0.1) is 11.3 Å². The molecule has 2 aromatic heterocycles. The van der Waals surface area contributed by atoms with E-state index in [1.54, 1.807) is 34.8 Å². The second kappa shape index (κ2) is 8.47. The minimum atomic E-state index is 0.0334. The maximum absolute atomic E-state index is 13.8. The molecule has 0 N–H and O–H groups in total. The second-order valence-corrected chi connectivity index (χ2v) is 11.5. The molecule has 3 aromatic rings. The van der Waals surface area contributed by atoms with E-state index >= 15 is 0 Å². The van der Waals surface area contributed by atoms with Gasteiger partial charge in [0.2, 0.25) is 0 Å². The molecule has 0 aliphatic heterocycles. The first-order valence-electron chi connectivity index (χ1n) is 10.7. The molecule has 4 rings (SSSR count). The fourth-order valence-corrected chi connectivity index (χ4v) is 6.39. The van der Waals surface area contributed by atoms with Crippen LogP contribution in [0.25, 0.3) is 15.9 Å². The quantitative estimate of drug-likeness (QED) is 0.259. The Kier molecular flexibility index (Phi) is 6.05. The Morgan fingerprint density at radius 2 is 2.03 bits per heavy atom. The highest BCUT2D eigenvalue weighted by Gasteiger charge is 2.32. The molecule has 0 spiro atoms. The standard InChI is InChI=1S/C25H30N2O2S2/c1-15(2)14-30-24-26-22-21(19-12-7-16(25(3,4)5)13-20(19)31-22)23(28)27(24)17-8-10-18(29-6)11-9-17/h8-11,16H,1,7,12-14H2,2-6H3. The number of hydrogen-bond acceptors (Lipinski definition) is 5. The molecule has 1 unspecified atom stereocenters. The highest BCUT2D eigenvalue weighted by molar-refractivity contribution is 7.99. The van der Waals surface area contributed by atoms with Gasteiger partial charge in [-0.3, -0.25) is 9.36 Å². The first-order valence-corrected chi connectivity index (χ1v) is 12.5. The van der Waals surface area contributed by atoms with Crippen molar-refractivity contribution in [2.45, 2.75) is 52.1 Å². The minimum Gasteiger partial charge on any atom is -0.497 e. The van der Waals surface area contributed by atoms with Gasteiger partial charge in [-0.2, -0.15) is 0 Å². The summed E-state index contributed by atoms with van der Waals surface area (Å²) in [5.74, 6) is 2.13. The summed E-state index contributed by atoms with van der Waals surface area (Å²) in [4.78, 5) is 21.0. The Morgan fingerprint density at radius 1 is 1.32 bits per heavy atom. The molecule has 1 aromatic carbocycles. The molecule has 0 bridgehead atoms. The molecule has 164 valence electrons. The monoisotopic (exact) mass is 454 g/mol. The summed E-state index contributed by atoms with van der Waals surface area (Å²) in [5.41, 5.74) is 3.39. The average Bonchev–Trinajstić information content (AvgIpc) is 3.09. The fourth-order valence-electron chi connectivity index (χ4n) is 4.19. The van der Waals surface area contributed by atoms with Gasteiger partial charge in [-0.25, -0.2) is 4.98 Å². The molecule has 0 radical (unpaired) electrons. The van der Waals surface area contributed by atoms with Crippen LogP contribution in [0.5, 0.6) is 5.75 Å². The highest BCUT2D eigenvalue weighted by atomic mass is 32.2. The molecule has 0 saturated heterocycles.